The van der Waals surface area contributed by atoms with Gasteiger partial charge in [-0.1, -0.05) is 48.5 Å². The molecule has 2 N–H and O–H groups in total. The monoisotopic (exact) mass is 360 g/mol. The van der Waals surface area contributed by atoms with Gasteiger partial charge in [-0.25, -0.2) is 0 Å². The summed E-state index contributed by atoms with van der Waals surface area (Å²) in [5.41, 5.74) is 1.55. The lowest BCUT2D eigenvalue weighted by molar-refractivity contribution is -0.118. The fourth-order valence-corrected chi connectivity index (χ4v) is 2.56. The normalized spacial score (nSPS) is 12.3. The summed E-state index contributed by atoms with van der Waals surface area (Å²) in [6.45, 7) is 1.89. The first-order chi connectivity index (χ1) is 13.1. The number of carbonyl (C=O) groups is 2. The molecule has 1 unspecified atom stereocenters. The largest absolute Gasteiger partial charge is 0.465 e. The fraction of sp³-hybridized carbons (Fsp3) is 0.0909. The van der Waals surface area contributed by atoms with Crippen LogP contribution in [0.25, 0.3) is 6.08 Å². The zero-order valence-electron chi connectivity index (χ0n) is 14.9. The Morgan fingerprint density at radius 1 is 0.926 bits per heavy atom. The van der Waals surface area contributed by atoms with Gasteiger partial charge in [-0.05, 0) is 36.8 Å². The molecule has 3 rings (SSSR count). The SMILES string of the molecule is CC(NC(=O)C(=Cc1ccco1)NC(=O)c1ccccc1)c1ccccc1. The Bertz CT molecular complexity index is 917. The summed E-state index contributed by atoms with van der Waals surface area (Å²) in [6, 6.07) is 21.5. The molecule has 0 aliphatic rings. The number of nitrogens with one attached hydrogen (secondary N) is 2. The molecule has 0 radical (unpaired) electrons. The van der Waals surface area contributed by atoms with Gasteiger partial charge in [0.1, 0.15) is 11.5 Å². The Labute approximate surface area is 157 Å². The van der Waals surface area contributed by atoms with Crippen molar-refractivity contribution in [3.8, 4) is 0 Å². The van der Waals surface area contributed by atoms with E-state index < -0.39 is 5.91 Å². The summed E-state index contributed by atoms with van der Waals surface area (Å²) in [5.74, 6) is -0.288. The van der Waals surface area contributed by atoms with Crippen LogP contribution in [-0.2, 0) is 4.79 Å². The Balaban J connectivity index is 1.79. The first-order valence-corrected chi connectivity index (χ1v) is 8.61. The third-order valence-electron chi connectivity index (χ3n) is 4.01. The van der Waals surface area contributed by atoms with Crippen molar-refractivity contribution in [2.24, 2.45) is 0 Å². The van der Waals surface area contributed by atoms with E-state index in [0.717, 1.165) is 5.56 Å². The number of carbonyl (C=O) groups excluding carboxylic acids is 2. The third kappa shape index (κ3) is 4.95. The third-order valence-corrected chi connectivity index (χ3v) is 4.01. The van der Waals surface area contributed by atoms with E-state index in [1.54, 1.807) is 36.4 Å². The van der Waals surface area contributed by atoms with E-state index in [4.69, 9.17) is 4.42 Å². The van der Waals surface area contributed by atoms with Crippen LogP contribution in [0.3, 0.4) is 0 Å². The molecule has 0 aliphatic carbocycles. The van der Waals surface area contributed by atoms with Crippen LogP contribution in [0.1, 0.15) is 34.6 Å². The summed E-state index contributed by atoms with van der Waals surface area (Å²) in [5, 5.41) is 5.58. The predicted molar refractivity (Wildman–Crippen MR) is 104 cm³/mol. The highest BCUT2D eigenvalue weighted by atomic mass is 16.3. The summed E-state index contributed by atoms with van der Waals surface area (Å²) < 4.78 is 5.28. The minimum atomic E-state index is -0.396. The summed E-state index contributed by atoms with van der Waals surface area (Å²) >= 11 is 0. The number of hydrogen-bond donors (Lipinski definition) is 2. The van der Waals surface area contributed by atoms with E-state index in [0.29, 0.717) is 11.3 Å². The van der Waals surface area contributed by atoms with Crippen molar-refractivity contribution >= 4 is 17.9 Å². The van der Waals surface area contributed by atoms with E-state index in [1.807, 2.05) is 43.3 Å². The Morgan fingerprint density at radius 2 is 1.59 bits per heavy atom. The Hall–Kier alpha value is -3.60. The molecule has 0 fully saturated rings. The number of amides is 2. The maximum absolute atomic E-state index is 12.8. The fourth-order valence-electron chi connectivity index (χ4n) is 2.56. The van der Waals surface area contributed by atoms with Crippen molar-refractivity contribution in [3.05, 3.63) is 102 Å². The van der Waals surface area contributed by atoms with Crippen LogP contribution in [0.5, 0.6) is 0 Å². The van der Waals surface area contributed by atoms with Crippen molar-refractivity contribution in [3.63, 3.8) is 0 Å². The molecule has 0 saturated heterocycles. The lowest BCUT2D eigenvalue weighted by atomic mass is 10.1. The zero-order valence-corrected chi connectivity index (χ0v) is 14.9. The molecule has 3 aromatic rings. The van der Waals surface area contributed by atoms with Crippen LogP contribution >= 0.6 is 0 Å². The summed E-state index contributed by atoms with van der Waals surface area (Å²) in [4.78, 5) is 25.3. The Kier molecular flexibility index (Phi) is 5.84. The summed E-state index contributed by atoms with van der Waals surface area (Å²) in [7, 11) is 0. The van der Waals surface area contributed by atoms with Gasteiger partial charge in [-0.2, -0.15) is 0 Å². The van der Waals surface area contributed by atoms with E-state index in [-0.39, 0.29) is 17.6 Å². The van der Waals surface area contributed by atoms with Crippen LogP contribution < -0.4 is 10.6 Å². The molecule has 27 heavy (non-hydrogen) atoms. The first-order valence-electron chi connectivity index (χ1n) is 8.61. The average molecular weight is 360 g/mol. The molecule has 1 aromatic heterocycles. The molecule has 0 spiro atoms. The first kappa shape index (κ1) is 18.2. The molecule has 2 aromatic carbocycles. The molecule has 0 saturated carbocycles. The minimum absolute atomic E-state index is 0.113. The highest BCUT2D eigenvalue weighted by Crippen LogP contribution is 2.13. The van der Waals surface area contributed by atoms with Gasteiger partial charge >= 0.3 is 0 Å². The van der Waals surface area contributed by atoms with Gasteiger partial charge in [-0.15, -0.1) is 0 Å². The number of furan rings is 1. The zero-order chi connectivity index (χ0) is 19.1. The van der Waals surface area contributed by atoms with Crippen LogP contribution in [0, 0.1) is 0 Å². The molecule has 5 heteroatoms. The van der Waals surface area contributed by atoms with Gasteiger partial charge < -0.3 is 15.1 Å². The molecule has 0 bridgehead atoms. The maximum atomic E-state index is 12.8. The molecular weight excluding hydrogens is 340 g/mol. The lowest BCUT2D eigenvalue weighted by Gasteiger charge is -2.16. The topological polar surface area (TPSA) is 71.3 Å². The summed E-state index contributed by atoms with van der Waals surface area (Å²) in [6.07, 6.45) is 3.01. The van der Waals surface area contributed by atoms with E-state index in [9.17, 15) is 9.59 Å². The lowest BCUT2D eigenvalue weighted by Crippen LogP contribution is -2.36. The van der Waals surface area contributed by atoms with Crippen LogP contribution in [0.15, 0.2) is 89.2 Å². The van der Waals surface area contributed by atoms with Crippen molar-refractivity contribution < 1.29 is 14.0 Å². The van der Waals surface area contributed by atoms with Crippen molar-refractivity contribution in [2.75, 3.05) is 0 Å². The van der Waals surface area contributed by atoms with Crippen molar-refractivity contribution in [1.82, 2.24) is 10.6 Å². The molecule has 1 atom stereocenters. The van der Waals surface area contributed by atoms with Crippen LogP contribution in [0.4, 0.5) is 0 Å². The van der Waals surface area contributed by atoms with Gasteiger partial charge in [0.25, 0.3) is 11.8 Å². The van der Waals surface area contributed by atoms with Crippen LogP contribution in [0.2, 0.25) is 0 Å². The van der Waals surface area contributed by atoms with Crippen molar-refractivity contribution in [2.45, 2.75) is 13.0 Å². The molecule has 1 heterocycles. The second kappa shape index (κ2) is 8.67. The predicted octanol–water partition coefficient (Wildman–Crippen LogP) is 3.93. The molecule has 5 nitrogen and oxygen atoms in total. The Morgan fingerprint density at radius 3 is 2.22 bits per heavy atom. The standard InChI is InChI=1S/C22H20N2O3/c1-16(17-9-4-2-5-10-17)23-22(26)20(15-19-13-8-14-27-19)24-21(25)18-11-6-3-7-12-18/h2-16H,1H3,(H,23,26)(H,24,25). The number of rotatable bonds is 6. The highest BCUT2D eigenvalue weighted by molar-refractivity contribution is 6.05. The van der Waals surface area contributed by atoms with Gasteiger partial charge in [0.2, 0.25) is 0 Å². The molecule has 136 valence electrons. The molecular formula is C22H20N2O3. The van der Waals surface area contributed by atoms with E-state index >= 15 is 0 Å². The van der Waals surface area contributed by atoms with E-state index in [2.05, 4.69) is 10.6 Å². The quantitative estimate of drug-likeness (QED) is 0.654. The molecule has 2 amide bonds. The van der Waals surface area contributed by atoms with E-state index in [1.165, 1.54) is 12.3 Å². The van der Waals surface area contributed by atoms with Gasteiger partial charge in [0, 0.05) is 11.6 Å². The number of benzene rings is 2. The molecule has 0 aliphatic heterocycles. The highest BCUT2D eigenvalue weighted by Gasteiger charge is 2.17. The van der Waals surface area contributed by atoms with Crippen LogP contribution in [-0.4, -0.2) is 11.8 Å². The minimum Gasteiger partial charge on any atom is -0.465 e. The van der Waals surface area contributed by atoms with Gasteiger partial charge in [0.05, 0.1) is 12.3 Å². The van der Waals surface area contributed by atoms with Gasteiger partial charge in [-0.3, -0.25) is 9.59 Å². The second-order valence-electron chi connectivity index (χ2n) is 6.00. The number of hydrogen-bond acceptors (Lipinski definition) is 3. The van der Waals surface area contributed by atoms with Crippen molar-refractivity contribution in [1.29, 1.82) is 0 Å². The second-order valence-corrected chi connectivity index (χ2v) is 6.00. The van der Waals surface area contributed by atoms with Gasteiger partial charge in [0.15, 0.2) is 0 Å². The average Bonchev–Trinajstić information content (AvgIpc) is 3.22. The smallest absolute Gasteiger partial charge is 0.268 e. The maximum Gasteiger partial charge on any atom is 0.268 e.